The second-order valence-corrected chi connectivity index (χ2v) is 4.37. The Morgan fingerprint density at radius 1 is 1.33 bits per heavy atom. The lowest BCUT2D eigenvalue weighted by Gasteiger charge is -2.23. The molecule has 1 amide bonds. The van der Waals surface area contributed by atoms with Crippen LogP contribution in [0, 0.1) is 0 Å². The number of hydrogen-bond acceptors (Lipinski definition) is 2. The van der Waals surface area contributed by atoms with E-state index in [-0.39, 0.29) is 11.9 Å². The van der Waals surface area contributed by atoms with Crippen LogP contribution in [0.3, 0.4) is 0 Å². The van der Waals surface area contributed by atoms with Crippen LogP contribution in [0.5, 0.6) is 0 Å². The molecule has 0 rings (SSSR count). The topological polar surface area (TPSA) is 32.3 Å². The van der Waals surface area contributed by atoms with Crippen LogP contribution in [0.4, 0.5) is 0 Å². The van der Waals surface area contributed by atoms with E-state index in [1.165, 1.54) is 12.8 Å². The lowest BCUT2D eigenvalue weighted by Crippen LogP contribution is -2.45. The minimum atomic E-state index is -0.0678. The number of likely N-dealkylation sites (N-methyl/N-ethyl adjacent to an activating group) is 1. The molecule has 0 radical (unpaired) electrons. The lowest BCUT2D eigenvalue weighted by molar-refractivity contribution is -0.130. The Bertz CT molecular complexity index is 180. The molecule has 0 fully saturated rings. The summed E-state index contributed by atoms with van der Waals surface area (Å²) >= 11 is 0. The highest BCUT2D eigenvalue weighted by molar-refractivity contribution is 5.80. The van der Waals surface area contributed by atoms with Crippen molar-refractivity contribution in [2.24, 2.45) is 0 Å². The molecule has 0 aliphatic carbocycles. The summed E-state index contributed by atoms with van der Waals surface area (Å²) in [4.78, 5) is 13.3. The molecule has 3 heteroatoms. The van der Waals surface area contributed by atoms with Crippen LogP contribution >= 0.6 is 0 Å². The Labute approximate surface area is 94.2 Å². The first-order valence-electron chi connectivity index (χ1n) is 6.00. The van der Waals surface area contributed by atoms with Gasteiger partial charge in [-0.25, -0.2) is 0 Å². The van der Waals surface area contributed by atoms with Crippen molar-refractivity contribution < 1.29 is 4.79 Å². The van der Waals surface area contributed by atoms with Gasteiger partial charge in [-0.05, 0) is 19.8 Å². The number of carbonyl (C=O) groups excluding carboxylic acids is 1. The van der Waals surface area contributed by atoms with Crippen molar-refractivity contribution in [2.75, 3.05) is 14.1 Å². The first kappa shape index (κ1) is 14.4. The summed E-state index contributed by atoms with van der Waals surface area (Å²) in [5, 5.41) is 3.39. The highest BCUT2D eigenvalue weighted by atomic mass is 16.2. The maximum absolute atomic E-state index is 11.6. The van der Waals surface area contributed by atoms with Gasteiger partial charge in [0.1, 0.15) is 0 Å². The molecule has 0 saturated carbocycles. The summed E-state index contributed by atoms with van der Waals surface area (Å²) in [6, 6.07) is 0.408. The maximum atomic E-state index is 11.6. The van der Waals surface area contributed by atoms with Crippen molar-refractivity contribution in [2.45, 2.75) is 58.5 Å². The summed E-state index contributed by atoms with van der Waals surface area (Å²) in [6.07, 6.45) is 4.70. The maximum Gasteiger partial charge on any atom is 0.238 e. The minimum absolute atomic E-state index is 0.0678. The van der Waals surface area contributed by atoms with Crippen molar-refractivity contribution in [3.63, 3.8) is 0 Å². The van der Waals surface area contributed by atoms with Crippen molar-refractivity contribution in [3.05, 3.63) is 0 Å². The van der Waals surface area contributed by atoms with Gasteiger partial charge in [0, 0.05) is 20.1 Å². The Morgan fingerprint density at radius 2 is 1.93 bits per heavy atom. The Kier molecular flexibility index (Phi) is 7.39. The van der Waals surface area contributed by atoms with Gasteiger partial charge in [0.05, 0.1) is 6.04 Å². The number of carbonyl (C=O) groups is 1. The molecular weight excluding hydrogens is 188 g/mol. The van der Waals surface area contributed by atoms with Gasteiger partial charge in [0.2, 0.25) is 5.91 Å². The first-order valence-corrected chi connectivity index (χ1v) is 6.00. The average Bonchev–Trinajstić information content (AvgIpc) is 2.22. The number of hydrogen-bond donors (Lipinski definition) is 1. The molecule has 15 heavy (non-hydrogen) atoms. The van der Waals surface area contributed by atoms with Crippen LogP contribution in [0.1, 0.15) is 46.5 Å². The molecule has 1 N–H and O–H groups in total. The molecule has 0 bridgehead atoms. The number of nitrogens with zero attached hydrogens (tertiary/aromatic N) is 1. The molecule has 0 aromatic rings. The summed E-state index contributed by atoms with van der Waals surface area (Å²) < 4.78 is 0. The summed E-state index contributed by atoms with van der Waals surface area (Å²) in [6.45, 7) is 6.30. The molecule has 90 valence electrons. The van der Waals surface area contributed by atoms with Gasteiger partial charge in [-0.2, -0.15) is 0 Å². The van der Waals surface area contributed by atoms with Gasteiger partial charge in [-0.3, -0.25) is 4.79 Å². The van der Waals surface area contributed by atoms with E-state index in [0.29, 0.717) is 6.04 Å². The van der Waals surface area contributed by atoms with Crippen LogP contribution in [-0.4, -0.2) is 37.0 Å². The largest absolute Gasteiger partial charge is 0.347 e. The predicted molar refractivity (Wildman–Crippen MR) is 64.9 cm³/mol. The fourth-order valence-corrected chi connectivity index (χ4v) is 1.67. The number of amides is 1. The second-order valence-electron chi connectivity index (χ2n) is 4.37. The van der Waals surface area contributed by atoms with E-state index in [1.54, 1.807) is 19.0 Å². The third kappa shape index (κ3) is 5.78. The molecule has 2 atom stereocenters. The first-order chi connectivity index (χ1) is 7.02. The zero-order chi connectivity index (χ0) is 11.8. The molecular formula is C12H26N2O. The van der Waals surface area contributed by atoms with E-state index < -0.39 is 0 Å². The van der Waals surface area contributed by atoms with Gasteiger partial charge < -0.3 is 10.2 Å². The second kappa shape index (κ2) is 7.69. The molecule has 0 aromatic carbocycles. The Hall–Kier alpha value is -0.570. The molecule has 0 aliphatic heterocycles. The lowest BCUT2D eigenvalue weighted by atomic mass is 10.1. The van der Waals surface area contributed by atoms with Gasteiger partial charge in [0.25, 0.3) is 0 Å². The van der Waals surface area contributed by atoms with E-state index >= 15 is 0 Å². The summed E-state index contributed by atoms with van der Waals surface area (Å²) in [5.41, 5.74) is 0. The van der Waals surface area contributed by atoms with Gasteiger partial charge in [-0.1, -0.05) is 26.7 Å². The van der Waals surface area contributed by atoms with Crippen molar-refractivity contribution in [1.29, 1.82) is 0 Å². The number of nitrogens with one attached hydrogen (secondary N) is 1. The van der Waals surface area contributed by atoms with E-state index in [0.717, 1.165) is 12.8 Å². The Balaban J connectivity index is 4.00. The number of unbranched alkanes of at least 4 members (excludes halogenated alkanes) is 1. The molecule has 0 saturated heterocycles. The molecule has 1 unspecified atom stereocenters. The van der Waals surface area contributed by atoms with Crippen LogP contribution < -0.4 is 5.32 Å². The quantitative estimate of drug-likeness (QED) is 0.703. The van der Waals surface area contributed by atoms with Gasteiger partial charge in [0.15, 0.2) is 0 Å². The minimum Gasteiger partial charge on any atom is -0.347 e. The zero-order valence-electron chi connectivity index (χ0n) is 10.8. The van der Waals surface area contributed by atoms with Crippen LogP contribution in [0.2, 0.25) is 0 Å². The Morgan fingerprint density at radius 3 is 2.33 bits per heavy atom. The SMILES string of the molecule is CCCCC(CC)N[C@H](C)C(=O)N(C)C. The fraction of sp³-hybridized carbons (Fsp3) is 0.917. The van der Waals surface area contributed by atoms with E-state index in [2.05, 4.69) is 19.2 Å². The molecule has 0 aliphatic rings. The highest BCUT2D eigenvalue weighted by Gasteiger charge is 2.17. The van der Waals surface area contributed by atoms with E-state index in [4.69, 9.17) is 0 Å². The van der Waals surface area contributed by atoms with Crippen molar-refractivity contribution in [3.8, 4) is 0 Å². The van der Waals surface area contributed by atoms with Crippen molar-refractivity contribution >= 4 is 5.91 Å². The van der Waals surface area contributed by atoms with Crippen LogP contribution in [0.15, 0.2) is 0 Å². The fourth-order valence-electron chi connectivity index (χ4n) is 1.67. The average molecular weight is 214 g/mol. The number of rotatable bonds is 7. The van der Waals surface area contributed by atoms with Crippen LogP contribution in [0.25, 0.3) is 0 Å². The smallest absolute Gasteiger partial charge is 0.238 e. The third-order valence-electron chi connectivity index (χ3n) is 2.70. The molecule has 3 nitrogen and oxygen atoms in total. The normalized spacial score (nSPS) is 14.7. The van der Waals surface area contributed by atoms with Gasteiger partial charge in [-0.15, -0.1) is 0 Å². The third-order valence-corrected chi connectivity index (χ3v) is 2.70. The highest BCUT2D eigenvalue weighted by Crippen LogP contribution is 2.05. The zero-order valence-corrected chi connectivity index (χ0v) is 10.8. The predicted octanol–water partition coefficient (Wildman–Crippen LogP) is 2.02. The van der Waals surface area contributed by atoms with E-state index in [1.807, 2.05) is 6.92 Å². The summed E-state index contributed by atoms with van der Waals surface area (Å²) in [5.74, 6) is 0.157. The standard InChI is InChI=1S/C12H26N2O/c1-6-8-9-11(7-2)13-10(3)12(15)14(4)5/h10-11,13H,6-9H2,1-5H3/t10-,11?/m1/s1. The summed E-state index contributed by atoms with van der Waals surface area (Å²) in [7, 11) is 3.60. The van der Waals surface area contributed by atoms with Crippen LogP contribution in [-0.2, 0) is 4.79 Å². The molecule has 0 spiro atoms. The monoisotopic (exact) mass is 214 g/mol. The van der Waals surface area contributed by atoms with E-state index in [9.17, 15) is 4.79 Å². The van der Waals surface area contributed by atoms with Gasteiger partial charge >= 0.3 is 0 Å². The molecule has 0 aromatic heterocycles. The van der Waals surface area contributed by atoms with Crippen molar-refractivity contribution in [1.82, 2.24) is 10.2 Å². The molecule has 0 heterocycles.